The van der Waals surface area contributed by atoms with E-state index < -0.39 is 0 Å². The highest BCUT2D eigenvalue weighted by Gasteiger charge is 2.19. The first-order valence-electron chi connectivity index (χ1n) is 7.82. The van der Waals surface area contributed by atoms with Gasteiger partial charge in [0.05, 0.1) is 10.7 Å². The standard InChI is InChI=1S/C17H27ClN2/c1-13(2)19-12-14-9-10-17(16(18)11-14)20(3)15-7-5-4-6-8-15/h9-11,13,15,19H,4-8,12H2,1-3H3. The minimum Gasteiger partial charge on any atom is -0.370 e. The summed E-state index contributed by atoms with van der Waals surface area (Å²) in [6.07, 6.45) is 6.68. The summed E-state index contributed by atoms with van der Waals surface area (Å²) in [7, 11) is 2.18. The number of halogens is 1. The fourth-order valence-electron chi connectivity index (χ4n) is 2.93. The predicted molar refractivity (Wildman–Crippen MR) is 88.7 cm³/mol. The topological polar surface area (TPSA) is 15.3 Å². The number of anilines is 1. The summed E-state index contributed by atoms with van der Waals surface area (Å²) in [5.74, 6) is 0. The van der Waals surface area contributed by atoms with Crippen molar-refractivity contribution in [2.24, 2.45) is 0 Å². The Bertz CT molecular complexity index is 425. The Morgan fingerprint density at radius 1 is 1.25 bits per heavy atom. The van der Waals surface area contributed by atoms with E-state index in [0.717, 1.165) is 11.6 Å². The van der Waals surface area contributed by atoms with Crippen LogP contribution >= 0.6 is 11.6 Å². The number of nitrogens with one attached hydrogen (secondary N) is 1. The van der Waals surface area contributed by atoms with Gasteiger partial charge in [-0.3, -0.25) is 0 Å². The minimum absolute atomic E-state index is 0.498. The molecule has 1 aliphatic rings. The summed E-state index contributed by atoms with van der Waals surface area (Å²) in [5, 5.41) is 4.30. The normalized spacial score (nSPS) is 16.6. The summed E-state index contributed by atoms with van der Waals surface area (Å²) >= 11 is 6.49. The zero-order valence-corrected chi connectivity index (χ0v) is 13.7. The quantitative estimate of drug-likeness (QED) is 0.853. The lowest BCUT2D eigenvalue weighted by Gasteiger charge is -2.33. The Balaban J connectivity index is 2.04. The molecule has 1 aromatic carbocycles. The van der Waals surface area contributed by atoms with Crippen molar-refractivity contribution < 1.29 is 0 Å². The Kier molecular flexibility index (Phi) is 5.74. The van der Waals surface area contributed by atoms with Crippen molar-refractivity contribution in [2.75, 3.05) is 11.9 Å². The van der Waals surface area contributed by atoms with Crippen molar-refractivity contribution in [1.29, 1.82) is 0 Å². The molecule has 0 unspecified atom stereocenters. The minimum atomic E-state index is 0.498. The number of hydrogen-bond donors (Lipinski definition) is 1. The highest BCUT2D eigenvalue weighted by Crippen LogP contribution is 2.31. The van der Waals surface area contributed by atoms with Crippen LogP contribution in [0, 0.1) is 0 Å². The lowest BCUT2D eigenvalue weighted by molar-refractivity contribution is 0.427. The predicted octanol–water partition coefficient (Wildman–Crippen LogP) is 4.61. The average Bonchev–Trinajstić information content (AvgIpc) is 2.45. The molecule has 0 heterocycles. The first-order valence-corrected chi connectivity index (χ1v) is 8.20. The zero-order chi connectivity index (χ0) is 14.5. The molecule has 1 aliphatic carbocycles. The van der Waals surface area contributed by atoms with Gasteiger partial charge in [-0.15, -0.1) is 0 Å². The molecule has 0 bridgehead atoms. The van der Waals surface area contributed by atoms with Crippen LogP contribution in [-0.2, 0) is 6.54 Å². The molecule has 20 heavy (non-hydrogen) atoms. The van der Waals surface area contributed by atoms with E-state index in [1.807, 2.05) is 0 Å². The third kappa shape index (κ3) is 4.13. The van der Waals surface area contributed by atoms with Gasteiger partial charge in [-0.05, 0) is 30.5 Å². The summed E-state index contributed by atoms with van der Waals surface area (Å²) in [4.78, 5) is 2.38. The van der Waals surface area contributed by atoms with Gasteiger partial charge in [-0.1, -0.05) is 50.8 Å². The maximum Gasteiger partial charge on any atom is 0.0642 e. The highest BCUT2D eigenvalue weighted by atomic mass is 35.5. The molecule has 1 saturated carbocycles. The van der Waals surface area contributed by atoms with Crippen molar-refractivity contribution >= 4 is 17.3 Å². The average molecular weight is 295 g/mol. The zero-order valence-electron chi connectivity index (χ0n) is 13.0. The molecule has 1 aromatic rings. The molecular formula is C17H27ClN2. The SMILES string of the molecule is CC(C)NCc1ccc(N(C)C2CCCCC2)c(Cl)c1. The molecule has 0 amide bonds. The maximum atomic E-state index is 6.49. The van der Waals surface area contributed by atoms with Crippen molar-refractivity contribution in [2.45, 2.75) is 64.6 Å². The van der Waals surface area contributed by atoms with Gasteiger partial charge in [-0.2, -0.15) is 0 Å². The molecule has 0 spiro atoms. The van der Waals surface area contributed by atoms with Crippen LogP contribution in [0.4, 0.5) is 5.69 Å². The second-order valence-electron chi connectivity index (χ2n) is 6.22. The van der Waals surface area contributed by atoms with Gasteiger partial charge in [-0.25, -0.2) is 0 Å². The second-order valence-corrected chi connectivity index (χ2v) is 6.63. The molecule has 0 saturated heterocycles. The molecule has 2 rings (SSSR count). The Labute approximate surface area is 128 Å². The lowest BCUT2D eigenvalue weighted by Crippen LogP contribution is -2.33. The van der Waals surface area contributed by atoms with Crippen molar-refractivity contribution in [3.05, 3.63) is 28.8 Å². The lowest BCUT2D eigenvalue weighted by atomic mass is 9.94. The third-order valence-electron chi connectivity index (χ3n) is 4.23. The van der Waals surface area contributed by atoms with Gasteiger partial charge in [0.1, 0.15) is 0 Å². The van der Waals surface area contributed by atoms with E-state index >= 15 is 0 Å². The van der Waals surface area contributed by atoms with Crippen LogP contribution in [-0.4, -0.2) is 19.1 Å². The molecular weight excluding hydrogens is 268 g/mol. The van der Waals surface area contributed by atoms with Crippen molar-refractivity contribution in [3.8, 4) is 0 Å². The molecule has 0 aromatic heterocycles. The molecule has 112 valence electrons. The number of hydrogen-bond acceptors (Lipinski definition) is 2. The molecule has 3 heteroatoms. The third-order valence-corrected chi connectivity index (χ3v) is 4.53. The van der Waals surface area contributed by atoms with E-state index in [-0.39, 0.29) is 0 Å². The molecule has 1 N–H and O–H groups in total. The van der Waals surface area contributed by atoms with E-state index in [2.05, 4.69) is 49.3 Å². The van der Waals surface area contributed by atoms with Crippen LogP contribution in [0.25, 0.3) is 0 Å². The summed E-state index contributed by atoms with van der Waals surface area (Å²) in [6, 6.07) is 7.62. The Hall–Kier alpha value is -0.730. The van der Waals surface area contributed by atoms with E-state index in [9.17, 15) is 0 Å². The van der Waals surface area contributed by atoms with Gasteiger partial charge in [0, 0.05) is 25.7 Å². The Morgan fingerprint density at radius 2 is 1.95 bits per heavy atom. The molecule has 0 aliphatic heterocycles. The summed E-state index contributed by atoms with van der Waals surface area (Å²) < 4.78 is 0. The van der Waals surface area contributed by atoms with Crippen molar-refractivity contribution in [3.63, 3.8) is 0 Å². The fraction of sp³-hybridized carbons (Fsp3) is 0.647. The highest BCUT2D eigenvalue weighted by molar-refractivity contribution is 6.33. The monoisotopic (exact) mass is 294 g/mol. The maximum absolute atomic E-state index is 6.49. The smallest absolute Gasteiger partial charge is 0.0642 e. The fourth-order valence-corrected chi connectivity index (χ4v) is 3.27. The second kappa shape index (κ2) is 7.33. The van der Waals surface area contributed by atoms with Gasteiger partial charge in [0.15, 0.2) is 0 Å². The first kappa shape index (κ1) is 15.7. The van der Waals surface area contributed by atoms with E-state index in [1.54, 1.807) is 0 Å². The summed E-state index contributed by atoms with van der Waals surface area (Å²) in [6.45, 7) is 5.20. The van der Waals surface area contributed by atoms with Crippen LogP contribution in [0.3, 0.4) is 0 Å². The molecule has 0 atom stereocenters. The van der Waals surface area contributed by atoms with E-state index in [1.165, 1.54) is 43.4 Å². The molecule has 0 radical (unpaired) electrons. The van der Waals surface area contributed by atoms with Crippen LogP contribution in [0.15, 0.2) is 18.2 Å². The number of benzene rings is 1. The first-order chi connectivity index (χ1) is 9.58. The van der Waals surface area contributed by atoms with Crippen LogP contribution in [0.5, 0.6) is 0 Å². The van der Waals surface area contributed by atoms with Gasteiger partial charge in [0.2, 0.25) is 0 Å². The Morgan fingerprint density at radius 3 is 2.55 bits per heavy atom. The molecule has 1 fully saturated rings. The van der Waals surface area contributed by atoms with Gasteiger partial charge < -0.3 is 10.2 Å². The van der Waals surface area contributed by atoms with E-state index in [0.29, 0.717) is 12.1 Å². The molecule has 2 nitrogen and oxygen atoms in total. The number of rotatable bonds is 5. The van der Waals surface area contributed by atoms with Crippen LogP contribution in [0.2, 0.25) is 5.02 Å². The van der Waals surface area contributed by atoms with E-state index in [4.69, 9.17) is 11.6 Å². The largest absolute Gasteiger partial charge is 0.370 e. The summed E-state index contributed by atoms with van der Waals surface area (Å²) in [5.41, 5.74) is 2.43. The van der Waals surface area contributed by atoms with Crippen molar-refractivity contribution in [1.82, 2.24) is 5.32 Å². The van der Waals surface area contributed by atoms with Gasteiger partial charge >= 0.3 is 0 Å². The van der Waals surface area contributed by atoms with Crippen LogP contribution in [0.1, 0.15) is 51.5 Å². The van der Waals surface area contributed by atoms with Gasteiger partial charge in [0.25, 0.3) is 0 Å². The number of nitrogens with zero attached hydrogens (tertiary/aromatic N) is 1. The van der Waals surface area contributed by atoms with Crippen LogP contribution < -0.4 is 10.2 Å².